The number of nitrogens with one attached hydrogen (secondary N) is 1. The second-order valence-corrected chi connectivity index (χ2v) is 8.91. The summed E-state index contributed by atoms with van der Waals surface area (Å²) in [4.78, 5) is 12.6. The zero-order valence-electron chi connectivity index (χ0n) is 18.7. The Morgan fingerprint density at radius 1 is 1.20 bits per heavy atom. The minimum Gasteiger partial charge on any atom is -0.492 e. The molecule has 0 bridgehead atoms. The second-order valence-electron chi connectivity index (χ2n) is 7.01. The Kier molecular flexibility index (Phi) is 8.03. The van der Waals surface area contributed by atoms with Gasteiger partial charge in [-0.25, -0.2) is 8.42 Å². The molecular formula is C21H32N4O4S. The van der Waals surface area contributed by atoms with Crippen molar-refractivity contribution in [3.05, 3.63) is 35.2 Å². The molecule has 8 nitrogen and oxygen atoms in total. The molecule has 0 radical (unpaired) electrons. The average molecular weight is 437 g/mol. The van der Waals surface area contributed by atoms with Crippen LogP contribution in [0.2, 0.25) is 0 Å². The maximum absolute atomic E-state index is 13.0. The highest BCUT2D eigenvalue weighted by Crippen LogP contribution is 2.30. The molecule has 0 aliphatic heterocycles. The lowest BCUT2D eigenvalue weighted by molar-refractivity contribution is -0.116. The number of carbonyl (C=O) groups excluding carboxylic acids is 1. The lowest BCUT2D eigenvalue weighted by atomic mass is 10.1. The molecule has 0 saturated heterocycles. The van der Waals surface area contributed by atoms with Gasteiger partial charge in [-0.2, -0.15) is 9.40 Å². The number of hydrogen-bond donors (Lipinski definition) is 1. The number of anilines is 1. The van der Waals surface area contributed by atoms with Crippen molar-refractivity contribution in [3.63, 3.8) is 0 Å². The molecule has 1 aromatic carbocycles. The number of benzene rings is 1. The molecule has 0 aliphatic carbocycles. The summed E-state index contributed by atoms with van der Waals surface area (Å²) in [6.07, 6.45) is 0.845. The van der Waals surface area contributed by atoms with Gasteiger partial charge in [0.05, 0.1) is 12.3 Å². The van der Waals surface area contributed by atoms with Crippen LogP contribution in [-0.2, 0) is 28.3 Å². The van der Waals surface area contributed by atoms with Crippen molar-refractivity contribution >= 4 is 21.6 Å². The van der Waals surface area contributed by atoms with Crippen LogP contribution in [0.5, 0.6) is 5.75 Å². The lowest BCUT2D eigenvalue weighted by Gasteiger charge is -2.21. The number of rotatable bonds is 10. The van der Waals surface area contributed by atoms with Crippen LogP contribution < -0.4 is 10.1 Å². The molecule has 0 saturated carbocycles. The summed E-state index contributed by atoms with van der Waals surface area (Å²) in [7, 11) is -1.85. The Bertz CT molecular complexity index is 995. The average Bonchev–Trinajstić information content (AvgIpc) is 2.93. The number of carbonyl (C=O) groups is 1. The van der Waals surface area contributed by atoms with Gasteiger partial charge in [0.2, 0.25) is 15.9 Å². The molecule has 1 amide bonds. The number of aromatic nitrogens is 2. The van der Waals surface area contributed by atoms with Gasteiger partial charge in [-0.3, -0.25) is 9.48 Å². The van der Waals surface area contributed by atoms with Crippen molar-refractivity contribution < 1.29 is 17.9 Å². The van der Waals surface area contributed by atoms with E-state index in [9.17, 15) is 13.2 Å². The first-order valence-electron chi connectivity index (χ1n) is 10.2. The van der Waals surface area contributed by atoms with Crippen LogP contribution in [0, 0.1) is 13.8 Å². The molecule has 166 valence electrons. The van der Waals surface area contributed by atoms with E-state index in [1.165, 1.54) is 10.4 Å². The fourth-order valence-electron chi connectivity index (χ4n) is 3.41. The van der Waals surface area contributed by atoms with Gasteiger partial charge >= 0.3 is 0 Å². The van der Waals surface area contributed by atoms with Crippen molar-refractivity contribution in [2.24, 2.45) is 7.05 Å². The maximum atomic E-state index is 13.0. The van der Waals surface area contributed by atoms with E-state index in [0.717, 1.165) is 17.0 Å². The molecule has 0 unspecified atom stereocenters. The zero-order valence-corrected chi connectivity index (χ0v) is 19.5. The van der Waals surface area contributed by atoms with Crippen LogP contribution in [0.25, 0.3) is 0 Å². The summed E-state index contributed by atoms with van der Waals surface area (Å²) < 4.78 is 34.8. The first-order chi connectivity index (χ1) is 14.1. The van der Waals surface area contributed by atoms with Crippen molar-refractivity contribution in [1.29, 1.82) is 0 Å². The number of sulfonamides is 1. The highest BCUT2D eigenvalue weighted by atomic mass is 32.2. The molecule has 1 aromatic heterocycles. The number of amides is 1. The van der Waals surface area contributed by atoms with E-state index in [1.54, 1.807) is 37.6 Å². The van der Waals surface area contributed by atoms with E-state index < -0.39 is 10.0 Å². The van der Waals surface area contributed by atoms with Gasteiger partial charge in [-0.05, 0) is 51.0 Å². The highest BCUT2D eigenvalue weighted by molar-refractivity contribution is 7.89. The fourth-order valence-corrected chi connectivity index (χ4v) is 5.02. The summed E-state index contributed by atoms with van der Waals surface area (Å²) in [5.41, 5.74) is 3.43. The second kappa shape index (κ2) is 10.1. The third kappa shape index (κ3) is 5.20. The van der Waals surface area contributed by atoms with Crippen LogP contribution in [0.15, 0.2) is 23.1 Å². The smallest absolute Gasteiger partial charge is 0.246 e. The van der Waals surface area contributed by atoms with Crippen LogP contribution in [0.1, 0.15) is 44.1 Å². The molecule has 0 atom stereocenters. The summed E-state index contributed by atoms with van der Waals surface area (Å²) in [6, 6.07) is 4.72. The minimum absolute atomic E-state index is 0.0600. The lowest BCUT2D eigenvalue weighted by Crippen LogP contribution is -2.31. The molecule has 0 aliphatic rings. The molecule has 1 N–H and O–H groups in total. The maximum Gasteiger partial charge on any atom is 0.246 e. The molecule has 1 heterocycles. The number of aryl methyl sites for hydroxylation is 2. The van der Waals surface area contributed by atoms with Gasteiger partial charge in [-0.1, -0.05) is 13.8 Å². The van der Waals surface area contributed by atoms with Gasteiger partial charge < -0.3 is 10.1 Å². The summed E-state index contributed by atoms with van der Waals surface area (Å²) >= 11 is 0. The summed E-state index contributed by atoms with van der Waals surface area (Å²) in [5, 5.41) is 7.18. The van der Waals surface area contributed by atoms with Gasteiger partial charge in [-0.15, -0.1) is 0 Å². The molecule has 2 rings (SSSR count). The molecule has 0 fully saturated rings. The van der Waals surface area contributed by atoms with E-state index in [-0.39, 0.29) is 23.0 Å². The van der Waals surface area contributed by atoms with E-state index in [4.69, 9.17) is 4.74 Å². The number of hydrogen-bond acceptors (Lipinski definition) is 5. The molecule has 9 heteroatoms. The van der Waals surface area contributed by atoms with Crippen LogP contribution in [0.3, 0.4) is 0 Å². The normalized spacial score (nSPS) is 11.7. The van der Waals surface area contributed by atoms with Crippen LogP contribution in [-0.4, -0.2) is 48.1 Å². The van der Waals surface area contributed by atoms with Gasteiger partial charge in [0.1, 0.15) is 10.6 Å². The van der Waals surface area contributed by atoms with Crippen molar-refractivity contribution in [2.45, 2.75) is 52.4 Å². The van der Waals surface area contributed by atoms with E-state index in [0.29, 0.717) is 31.8 Å². The summed E-state index contributed by atoms with van der Waals surface area (Å²) in [6.45, 7) is 10.3. The van der Waals surface area contributed by atoms with Crippen LogP contribution in [0.4, 0.5) is 5.69 Å². The van der Waals surface area contributed by atoms with Gasteiger partial charge in [0, 0.05) is 37.9 Å². The number of nitrogens with zero attached hydrogens (tertiary/aromatic N) is 3. The first kappa shape index (κ1) is 23.9. The van der Waals surface area contributed by atoms with Crippen molar-refractivity contribution in [2.75, 3.05) is 25.0 Å². The Labute approximate surface area is 179 Å². The molecule has 2 aromatic rings. The van der Waals surface area contributed by atoms with Crippen molar-refractivity contribution in [1.82, 2.24) is 14.1 Å². The molecule has 0 spiro atoms. The third-order valence-corrected chi connectivity index (χ3v) is 7.18. The van der Waals surface area contributed by atoms with Crippen molar-refractivity contribution in [3.8, 4) is 5.75 Å². The standard InChI is InChI=1S/C21H32N4O4S/c1-7-25(8-2)30(27,28)20-14-17(10-12-19(20)29-9-3)22-21(26)13-11-18-15(4)23-24(6)16(18)5/h10,12,14H,7-9,11,13H2,1-6H3,(H,22,26). The Morgan fingerprint density at radius 3 is 2.40 bits per heavy atom. The van der Waals surface area contributed by atoms with Gasteiger partial charge in [0.25, 0.3) is 0 Å². The van der Waals surface area contributed by atoms with Gasteiger partial charge in [0.15, 0.2) is 0 Å². The predicted molar refractivity (Wildman–Crippen MR) is 117 cm³/mol. The summed E-state index contributed by atoms with van der Waals surface area (Å²) in [5.74, 6) is 0.0945. The SMILES string of the molecule is CCOc1ccc(NC(=O)CCc2c(C)nn(C)c2C)cc1S(=O)(=O)N(CC)CC. The largest absolute Gasteiger partial charge is 0.492 e. The Morgan fingerprint density at radius 2 is 1.87 bits per heavy atom. The van der Waals surface area contributed by atoms with E-state index in [2.05, 4.69) is 10.4 Å². The Hall–Kier alpha value is -2.39. The topological polar surface area (TPSA) is 93.5 Å². The molecular weight excluding hydrogens is 404 g/mol. The first-order valence-corrected chi connectivity index (χ1v) is 11.7. The molecule has 30 heavy (non-hydrogen) atoms. The Balaban J connectivity index is 2.22. The predicted octanol–water partition coefficient (Wildman–Crippen LogP) is 3.04. The fraction of sp³-hybridized carbons (Fsp3) is 0.524. The zero-order chi connectivity index (χ0) is 22.5. The third-order valence-electron chi connectivity index (χ3n) is 5.11. The van der Waals surface area contributed by atoms with E-state index in [1.807, 2.05) is 20.9 Å². The highest BCUT2D eigenvalue weighted by Gasteiger charge is 2.26. The minimum atomic E-state index is -3.73. The van der Waals surface area contributed by atoms with E-state index >= 15 is 0 Å². The number of ether oxygens (including phenoxy) is 1. The quantitative estimate of drug-likeness (QED) is 0.618. The monoisotopic (exact) mass is 436 g/mol. The van der Waals surface area contributed by atoms with Crippen LogP contribution >= 0.6 is 0 Å².